The Labute approximate surface area is 165 Å². The van der Waals surface area contributed by atoms with E-state index in [-0.39, 0.29) is 24.3 Å². The van der Waals surface area contributed by atoms with Gasteiger partial charge in [0.1, 0.15) is 5.75 Å². The van der Waals surface area contributed by atoms with Crippen LogP contribution in [0.25, 0.3) is 0 Å². The normalized spacial score (nSPS) is 11.5. The van der Waals surface area contributed by atoms with Gasteiger partial charge in [-0.25, -0.2) is 0 Å². The van der Waals surface area contributed by atoms with Crippen molar-refractivity contribution in [2.24, 2.45) is 0 Å². The summed E-state index contributed by atoms with van der Waals surface area (Å²) in [5.41, 5.74) is 1.99. The van der Waals surface area contributed by atoms with Gasteiger partial charge in [-0.2, -0.15) is 0 Å². The van der Waals surface area contributed by atoms with Crippen LogP contribution in [0.1, 0.15) is 36.9 Å². The predicted molar refractivity (Wildman–Crippen MR) is 107 cm³/mol. The van der Waals surface area contributed by atoms with Gasteiger partial charge in [0.05, 0.1) is 19.1 Å². The quantitative estimate of drug-likeness (QED) is 0.642. The lowest BCUT2D eigenvalue weighted by Gasteiger charge is -2.18. The van der Waals surface area contributed by atoms with Crippen LogP contribution < -0.4 is 15.4 Å². The van der Waals surface area contributed by atoms with Crippen LogP contribution in [-0.2, 0) is 9.59 Å². The molecule has 0 heterocycles. The molecule has 2 aromatic carbocycles. The molecular weight excluding hydrogens is 364 g/mol. The third-order valence-electron chi connectivity index (χ3n) is 3.94. The number of carbonyl (C=O) groups is 2. The molecule has 5 nitrogen and oxygen atoms in total. The Hall–Kier alpha value is -2.53. The average molecular weight is 389 g/mol. The zero-order valence-corrected chi connectivity index (χ0v) is 16.4. The molecular formula is C21H25ClN2O3. The number of aryl methyl sites for hydroxylation is 1. The van der Waals surface area contributed by atoms with Gasteiger partial charge in [-0.15, -0.1) is 0 Å². The molecule has 2 amide bonds. The summed E-state index contributed by atoms with van der Waals surface area (Å²) in [4.78, 5) is 23.7. The highest BCUT2D eigenvalue weighted by Gasteiger charge is 2.16. The fraction of sp³-hybridized carbons (Fsp3) is 0.333. The first-order chi connectivity index (χ1) is 12.9. The highest BCUT2D eigenvalue weighted by molar-refractivity contribution is 6.30. The Morgan fingerprint density at radius 1 is 1.15 bits per heavy atom. The number of rotatable bonds is 9. The van der Waals surface area contributed by atoms with Gasteiger partial charge in [0, 0.05) is 18.5 Å². The summed E-state index contributed by atoms with van der Waals surface area (Å²) < 4.78 is 5.66. The van der Waals surface area contributed by atoms with Crippen molar-refractivity contribution in [2.45, 2.75) is 32.7 Å². The Bertz CT molecular complexity index is 762. The standard InChI is InChI=1S/C21H25ClN2O3/c1-15-5-3-6-19(13-15)27-12-4-11-23-21(26)14-20(24-16(2)25)17-7-9-18(22)10-8-17/h3,5-10,13,20H,4,11-12,14H2,1-2H3,(H,23,26)(H,24,25). The molecule has 0 saturated heterocycles. The Morgan fingerprint density at radius 3 is 2.56 bits per heavy atom. The second-order valence-electron chi connectivity index (χ2n) is 6.38. The maximum absolute atomic E-state index is 12.2. The van der Waals surface area contributed by atoms with Gasteiger partial charge in [0.15, 0.2) is 0 Å². The first-order valence-electron chi connectivity index (χ1n) is 8.93. The number of halogens is 1. The van der Waals surface area contributed by atoms with Crippen LogP contribution in [-0.4, -0.2) is 25.0 Å². The maximum atomic E-state index is 12.2. The van der Waals surface area contributed by atoms with Crippen molar-refractivity contribution in [3.63, 3.8) is 0 Å². The monoisotopic (exact) mass is 388 g/mol. The van der Waals surface area contributed by atoms with Crippen LogP contribution in [0.3, 0.4) is 0 Å². The smallest absolute Gasteiger partial charge is 0.222 e. The number of amides is 2. The highest BCUT2D eigenvalue weighted by atomic mass is 35.5. The molecule has 1 unspecified atom stereocenters. The van der Waals surface area contributed by atoms with Crippen molar-refractivity contribution in [3.8, 4) is 5.75 Å². The minimum absolute atomic E-state index is 0.126. The average Bonchev–Trinajstić information content (AvgIpc) is 2.61. The molecule has 0 saturated carbocycles. The summed E-state index contributed by atoms with van der Waals surface area (Å²) in [5.74, 6) is 0.517. The molecule has 2 aromatic rings. The second kappa shape index (κ2) is 10.6. The molecule has 0 radical (unpaired) electrons. The summed E-state index contributed by atoms with van der Waals surface area (Å²) in [6.45, 7) is 4.48. The van der Waals surface area contributed by atoms with E-state index < -0.39 is 0 Å². The van der Waals surface area contributed by atoms with Crippen molar-refractivity contribution in [1.82, 2.24) is 10.6 Å². The predicted octanol–water partition coefficient (Wildman–Crippen LogP) is 3.80. The lowest BCUT2D eigenvalue weighted by Crippen LogP contribution is -2.33. The zero-order valence-electron chi connectivity index (χ0n) is 15.6. The topological polar surface area (TPSA) is 67.4 Å². The van der Waals surface area contributed by atoms with E-state index in [0.29, 0.717) is 24.6 Å². The van der Waals surface area contributed by atoms with Gasteiger partial charge in [0.25, 0.3) is 0 Å². The van der Waals surface area contributed by atoms with E-state index in [2.05, 4.69) is 10.6 Å². The van der Waals surface area contributed by atoms with Crippen LogP contribution in [0, 0.1) is 6.92 Å². The lowest BCUT2D eigenvalue weighted by molar-refractivity contribution is -0.122. The van der Waals surface area contributed by atoms with E-state index >= 15 is 0 Å². The van der Waals surface area contributed by atoms with Gasteiger partial charge in [-0.1, -0.05) is 35.9 Å². The molecule has 0 aromatic heterocycles. The minimum Gasteiger partial charge on any atom is -0.494 e. The van der Waals surface area contributed by atoms with Crippen molar-refractivity contribution < 1.29 is 14.3 Å². The second-order valence-corrected chi connectivity index (χ2v) is 6.81. The van der Waals surface area contributed by atoms with Crippen molar-refractivity contribution >= 4 is 23.4 Å². The molecule has 0 aliphatic rings. The first kappa shape index (κ1) is 20.8. The van der Waals surface area contributed by atoms with Gasteiger partial charge < -0.3 is 15.4 Å². The van der Waals surface area contributed by atoms with Gasteiger partial charge in [-0.3, -0.25) is 9.59 Å². The minimum atomic E-state index is -0.386. The third kappa shape index (κ3) is 7.71. The molecule has 27 heavy (non-hydrogen) atoms. The van der Waals surface area contributed by atoms with Crippen LogP contribution in [0.15, 0.2) is 48.5 Å². The molecule has 2 N–H and O–H groups in total. The lowest BCUT2D eigenvalue weighted by atomic mass is 10.0. The number of hydrogen-bond acceptors (Lipinski definition) is 3. The summed E-state index contributed by atoms with van der Waals surface area (Å²) in [6.07, 6.45) is 0.866. The number of carbonyl (C=O) groups excluding carboxylic acids is 2. The van der Waals surface area contributed by atoms with Crippen molar-refractivity contribution in [2.75, 3.05) is 13.2 Å². The fourth-order valence-electron chi connectivity index (χ4n) is 2.65. The molecule has 0 aliphatic carbocycles. The largest absolute Gasteiger partial charge is 0.494 e. The summed E-state index contributed by atoms with van der Waals surface area (Å²) in [7, 11) is 0. The number of hydrogen-bond donors (Lipinski definition) is 2. The van der Waals surface area contributed by atoms with E-state index in [1.54, 1.807) is 12.1 Å². The number of ether oxygens (including phenoxy) is 1. The maximum Gasteiger partial charge on any atom is 0.222 e. The van der Waals surface area contributed by atoms with Crippen molar-refractivity contribution in [1.29, 1.82) is 0 Å². The van der Waals surface area contributed by atoms with E-state index in [9.17, 15) is 9.59 Å². The molecule has 0 spiro atoms. The summed E-state index contributed by atoms with van der Waals surface area (Å²) >= 11 is 5.90. The summed E-state index contributed by atoms with van der Waals surface area (Å²) in [6, 6.07) is 14.6. The summed E-state index contributed by atoms with van der Waals surface area (Å²) in [5, 5.41) is 6.29. The molecule has 2 rings (SSSR count). The Kier molecular flexibility index (Phi) is 8.14. The van der Waals surface area contributed by atoms with Crippen LogP contribution >= 0.6 is 11.6 Å². The SMILES string of the molecule is CC(=O)NC(CC(=O)NCCCOc1cccc(C)c1)c1ccc(Cl)cc1. The third-order valence-corrected chi connectivity index (χ3v) is 4.19. The fourth-order valence-corrected chi connectivity index (χ4v) is 2.77. The van der Waals surface area contributed by atoms with Gasteiger partial charge in [-0.05, 0) is 48.7 Å². The molecule has 0 fully saturated rings. The van der Waals surface area contributed by atoms with Crippen LogP contribution in [0.5, 0.6) is 5.75 Å². The highest BCUT2D eigenvalue weighted by Crippen LogP contribution is 2.19. The van der Waals surface area contributed by atoms with Gasteiger partial charge >= 0.3 is 0 Å². The van der Waals surface area contributed by atoms with E-state index in [1.807, 2.05) is 43.3 Å². The molecule has 144 valence electrons. The van der Waals surface area contributed by atoms with E-state index in [0.717, 1.165) is 16.9 Å². The molecule has 0 bridgehead atoms. The molecule has 0 aliphatic heterocycles. The Morgan fingerprint density at radius 2 is 1.89 bits per heavy atom. The number of nitrogens with one attached hydrogen (secondary N) is 2. The number of benzene rings is 2. The first-order valence-corrected chi connectivity index (χ1v) is 9.30. The van der Waals surface area contributed by atoms with E-state index in [4.69, 9.17) is 16.3 Å². The molecule has 6 heteroatoms. The van der Waals surface area contributed by atoms with E-state index in [1.165, 1.54) is 6.92 Å². The molecule has 1 atom stereocenters. The Balaban J connectivity index is 1.76. The van der Waals surface area contributed by atoms with Crippen LogP contribution in [0.2, 0.25) is 5.02 Å². The van der Waals surface area contributed by atoms with Crippen molar-refractivity contribution in [3.05, 3.63) is 64.7 Å². The van der Waals surface area contributed by atoms with Gasteiger partial charge in [0.2, 0.25) is 11.8 Å². The zero-order chi connectivity index (χ0) is 19.6. The van der Waals surface area contributed by atoms with Crippen LogP contribution in [0.4, 0.5) is 0 Å².